The molecule has 3 rings (SSSR count). The van der Waals surface area contributed by atoms with Gasteiger partial charge in [-0.3, -0.25) is 0 Å². The lowest BCUT2D eigenvalue weighted by Crippen LogP contribution is -2.15. The predicted molar refractivity (Wildman–Crippen MR) is 88.2 cm³/mol. The van der Waals surface area contributed by atoms with Crippen LogP contribution in [0.25, 0.3) is 0 Å². The average Bonchev–Trinajstić information content (AvgIpc) is 2.92. The van der Waals surface area contributed by atoms with Crippen molar-refractivity contribution in [2.75, 3.05) is 5.75 Å². The molecule has 1 fully saturated rings. The van der Waals surface area contributed by atoms with Crippen molar-refractivity contribution in [3.8, 4) is 0 Å². The summed E-state index contributed by atoms with van der Waals surface area (Å²) in [7, 11) is 0.244. The first-order valence-electron chi connectivity index (χ1n) is 7.64. The average molecular weight is 283 g/mol. The summed E-state index contributed by atoms with van der Waals surface area (Å²) < 4.78 is 0. The maximum Gasteiger partial charge on any atom is 0.160 e. The van der Waals surface area contributed by atoms with Crippen LogP contribution in [0, 0.1) is 11.8 Å². The van der Waals surface area contributed by atoms with Crippen molar-refractivity contribution in [1.29, 1.82) is 0 Å². The molecule has 0 saturated heterocycles. The molecule has 1 heteroatoms. The van der Waals surface area contributed by atoms with E-state index in [-0.39, 0.29) is 10.9 Å². The Balaban J connectivity index is 1.84. The summed E-state index contributed by atoms with van der Waals surface area (Å²) in [5.41, 5.74) is 0. The minimum absolute atomic E-state index is 0.244. The van der Waals surface area contributed by atoms with Crippen LogP contribution >= 0.6 is 0 Å². The fourth-order valence-corrected chi connectivity index (χ4v) is 5.61. The third-order valence-electron chi connectivity index (χ3n) is 4.26. The molecular weight excluding hydrogens is 260 g/mol. The van der Waals surface area contributed by atoms with Crippen molar-refractivity contribution in [3.63, 3.8) is 0 Å². The minimum atomic E-state index is 0.244. The molecule has 0 aromatic heterocycles. The Labute approximate surface area is 125 Å². The first-order chi connectivity index (χ1) is 9.83. The molecule has 0 spiro atoms. The summed E-state index contributed by atoms with van der Waals surface area (Å²) in [6.45, 7) is 2.41. The summed E-state index contributed by atoms with van der Waals surface area (Å²) in [5, 5.41) is 0. The smallest absolute Gasteiger partial charge is 0.0625 e. The van der Waals surface area contributed by atoms with Gasteiger partial charge in [0.05, 0.1) is 10.9 Å². The van der Waals surface area contributed by atoms with E-state index in [9.17, 15) is 0 Å². The van der Waals surface area contributed by atoms with Crippen LogP contribution in [0.4, 0.5) is 0 Å². The molecule has 2 unspecified atom stereocenters. The van der Waals surface area contributed by atoms with Crippen molar-refractivity contribution in [2.24, 2.45) is 11.8 Å². The second kappa shape index (κ2) is 6.49. The number of hydrogen-bond acceptors (Lipinski definition) is 0. The van der Waals surface area contributed by atoms with Crippen LogP contribution in [-0.2, 0) is 10.9 Å². The zero-order valence-electron chi connectivity index (χ0n) is 12.2. The van der Waals surface area contributed by atoms with Gasteiger partial charge < -0.3 is 0 Å². The Morgan fingerprint density at radius 1 is 0.850 bits per heavy atom. The Bertz CT molecular complexity index is 480. The zero-order valence-corrected chi connectivity index (χ0v) is 13.0. The highest BCUT2D eigenvalue weighted by Gasteiger charge is 2.32. The third-order valence-corrected chi connectivity index (χ3v) is 6.75. The van der Waals surface area contributed by atoms with Gasteiger partial charge in [0.1, 0.15) is 5.75 Å². The quantitative estimate of drug-likeness (QED) is 0.680. The van der Waals surface area contributed by atoms with Crippen LogP contribution in [0.5, 0.6) is 0 Å². The first kappa shape index (κ1) is 13.8. The maximum atomic E-state index is 2.41. The van der Waals surface area contributed by atoms with Gasteiger partial charge in [-0.05, 0) is 43.0 Å². The van der Waals surface area contributed by atoms with E-state index in [1.165, 1.54) is 34.8 Å². The second-order valence-electron chi connectivity index (χ2n) is 5.97. The molecule has 20 heavy (non-hydrogen) atoms. The van der Waals surface area contributed by atoms with Gasteiger partial charge >= 0.3 is 0 Å². The van der Waals surface area contributed by atoms with Gasteiger partial charge in [-0.25, -0.2) is 0 Å². The van der Waals surface area contributed by atoms with E-state index in [0.717, 1.165) is 11.8 Å². The van der Waals surface area contributed by atoms with Gasteiger partial charge in [0, 0.05) is 5.92 Å². The SMILES string of the molecule is CC1CCC(C[S+](c2ccccc2)c2ccccc2)C1. The van der Waals surface area contributed by atoms with Crippen LogP contribution in [0.1, 0.15) is 26.2 Å². The van der Waals surface area contributed by atoms with Gasteiger partial charge in [0.2, 0.25) is 0 Å². The number of benzene rings is 2. The predicted octanol–water partition coefficient (Wildman–Crippen LogP) is 5.16. The van der Waals surface area contributed by atoms with Gasteiger partial charge in [-0.2, -0.15) is 0 Å². The van der Waals surface area contributed by atoms with E-state index in [4.69, 9.17) is 0 Å². The zero-order chi connectivity index (χ0) is 13.8. The van der Waals surface area contributed by atoms with Crippen molar-refractivity contribution in [3.05, 3.63) is 60.7 Å². The van der Waals surface area contributed by atoms with Crippen LogP contribution in [0.15, 0.2) is 70.5 Å². The molecule has 1 aliphatic carbocycles. The Morgan fingerprint density at radius 3 is 1.85 bits per heavy atom. The Hall–Kier alpha value is -1.21. The molecule has 0 nitrogen and oxygen atoms in total. The highest BCUT2D eigenvalue weighted by Crippen LogP contribution is 2.35. The number of rotatable bonds is 4. The van der Waals surface area contributed by atoms with Gasteiger partial charge in [0.25, 0.3) is 0 Å². The molecule has 104 valence electrons. The van der Waals surface area contributed by atoms with E-state index >= 15 is 0 Å². The fraction of sp³-hybridized carbons (Fsp3) is 0.368. The molecule has 0 heterocycles. The Morgan fingerprint density at radius 2 is 1.40 bits per heavy atom. The third kappa shape index (κ3) is 3.27. The van der Waals surface area contributed by atoms with Crippen LogP contribution < -0.4 is 0 Å². The lowest BCUT2D eigenvalue weighted by Gasteiger charge is -2.12. The summed E-state index contributed by atoms with van der Waals surface area (Å²) in [5.74, 6) is 3.17. The highest BCUT2D eigenvalue weighted by atomic mass is 32.2. The molecular formula is C19H23S+. The van der Waals surface area contributed by atoms with E-state index in [2.05, 4.69) is 67.6 Å². The van der Waals surface area contributed by atoms with Crippen LogP contribution in [0.2, 0.25) is 0 Å². The largest absolute Gasteiger partial charge is 0.160 e. The highest BCUT2D eigenvalue weighted by molar-refractivity contribution is 7.97. The normalized spacial score (nSPS) is 22.3. The fourth-order valence-electron chi connectivity index (χ4n) is 3.21. The van der Waals surface area contributed by atoms with E-state index in [1.54, 1.807) is 0 Å². The molecule has 2 aromatic carbocycles. The standard InChI is InChI=1S/C19H23S/c1-16-12-13-17(14-16)15-20(18-8-4-2-5-9-18)19-10-6-3-7-11-19/h2-11,16-17H,12-15H2,1H3/q+1. The molecule has 1 aliphatic rings. The molecule has 1 saturated carbocycles. The lowest BCUT2D eigenvalue weighted by molar-refractivity contribution is 0.560. The van der Waals surface area contributed by atoms with Crippen LogP contribution in [0.3, 0.4) is 0 Å². The van der Waals surface area contributed by atoms with Gasteiger partial charge in [0.15, 0.2) is 9.79 Å². The summed E-state index contributed by atoms with van der Waals surface area (Å²) >= 11 is 0. The van der Waals surface area contributed by atoms with Crippen molar-refractivity contribution >= 4 is 10.9 Å². The first-order valence-corrected chi connectivity index (χ1v) is 9.03. The maximum absolute atomic E-state index is 2.41. The molecule has 2 atom stereocenters. The van der Waals surface area contributed by atoms with Gasteiger partial charge in [-0.1, -0.05) is 49.7 Å². The lowest BCUT2D eigenvalue weighted by atomic mass is 10.1. The summed E-state index contributed by atoms with van der Waals surface area (Å²) in [6, 6.07) is 22.1. The topological polar surface area (TPSA) is 0 Å². The molecule has 0 radical (unpaired) electrons. The van der Waals surface area contributed by atoms with Crippen molar-refractivity contribution in [1.82, 2.24) is 0 Å². The van der Waals surface area contributed by atoms with E-state index < -0.39 is 0 Å². The van der Waals surface area contributed by atoms with Crippen LogP contribution in [-0.4, -0.2) is 5.75 Å². The molecule has 0 bridgehead atoms. The molecule has 0 amide bonds. The summed E-state index contributed by atoms with van der Waals surface area (Å²) in [6.07, 6.45) is 4.26. The van der Waals surface area contributed by atoms with E-state index in [0.29, 0.717) is 0 Å². The number of hydrogen-bond donors (Lipinski definition) is 0. The molecule has 2 aromatic rings. The van der Waals surface area contributed by atoms with Gasteiger partial charge in [-0.15, -0.1) is 0 Å². The van der Waals surface area contributed by atoms with Crippen molar-refractivity contribution in [2.45, 2.75) is 36.0 Å². The summed E-state index contributed by atoms with van der Waals surface area (Å²) in [4.78, 5) is 3.00. The second-order valence-corrected chi connectivity index (χ2v) is 8.03. The Kier molecular flexibility index (Phi) is 4.47. The molecule has 0 N–H and O–H groups in total. The minimum Gasteiger partial charge on any atom is -0.0625 e. The van der Waals surface area contributed by atoms with E-state index in [1.807, 2.05) is 0 Å². The molecule has 0 aliphatic heterocycles. The van der Waals surface area contributed by atoms with Crippen molar-refractivity contribution < 1.29 is 0 Å². The monoisotopic (exact) mass is 283 g/mol.